The lowest BCUT2D eigenvalue weighted by Gasteiger charge is -2.62. The number of carbonyl (C=O) groups is 1. The monoisotopic (exact) mass is 421 g/mol. The maximum absolute atomic E-state index is 12.9. The third-order valence-electron chi connectivity index (χ3n) is 7.74. The Morgan fingerprint density at radius 2 is 2.07 bits per heavy atom. The summed E-state index contributed by atoms with van der Waals surface area (Å²) < 4.78 is 42.6. The van der Waals surface area contributed by atoms with Gasteiger partial charge < -0.3 is 14.0 Å². The molecule has 9 heteroatoms. The molecule has 2 heterocycles. The molecule has 6 rings (SSSR count). The summed E-state index contributed by atoms with van der Waals surface area (Å²) in [5.74, 6) is 0.652. The molecule has 1 aromatic carbocycles. The molecule has 1 spiro atoms. The highest BCUT2D eigenvalue weighted by Crippen LogP contribution is 2.65. The molecule has 0 amide bonds. The van der Waals surface area contributed by atoms with Gasteiger partial charge in [0.25, 0.3) is 0 Å². The zero-order valence-electron chi connectivity index (χ0n) is 15.8. The number of carbonyl (C=O) groups excluding carboxylic acids is 1. The molecule has 1 saturated heterocycles. The topological polar surface area (TPSA) is 113 Å². The summed E-state index contributed by atoms with van der Waals surface area (Å²) in [4.78, 5) is 15.3. The number of Topliss-reactive ketones (excluding diaryl/α,β-unsaturated/α-hetero) is 1. The first-order chi connectivity index (χ1) is 13.7. The van der Waals surface area contributed by atoms with Crippen LogP contribution in [0.3, 0.4) is 0 Å². The number of piperidine rings is 1. The Labute approximate surface area is 168 Å². The van der Waals surface area contributed by atoms with Crippen molar-refractivity contribution in [2.24, 2.45) is 5.92 Å². The van der Waals surface area contributed by atoms with Crippen LogP contribution in [0, 0.1) is 5.92 Å². The minimum atomic E-state index is -4.74. The van der Waals surface area contributed by atoms with E-state index < -0.39 is 27.5 Å². The molecule has 2 aliphatic heterocycles. The van der Waals surface area contributed by atoms with E-state index in [1.54, 1.807) is 6.07 Å². The maximum atomic E-state index is 12.9. The van der Waals surface area contributed by atoms with Gasteiger partial charge in [0.1, 0.15) is 0 Å². The lowest BCUT2D eigenvalue weighted by molar-refractivity contribution is -0.188. The fourth-order valence-electron chi connectivity index (χ4n) is 6.43. The molecular formula is C20H23NO7S. The molecule has 156 valence electrons. The molecule has 0 radical (unpaired) electrons. The summed E-state index contributed by atoms with van der Waals surface area (Å²) in [7, 11) is -4.74. The van der Waals surface area contributed by atoms with Crippen LogP contribution in [0.1, 0.15) is 43.2 Å². The van der Waals surface area contributed by atoms with Gasteiger partial charge in [0.2, 0.25) is 0 Å². The normalized spacial score (nSPS) is 37.8. The zero-order chi connectivity index (χ0) is 20.2. The van der Waals surface area contributed by atoms with Crippen LogP contribution in [0.15, 0.2) is 12.1 Å². The highest BCUT2D eigenvalue weighted by atomic mass is 32.3. The van der Waals surface area contributed by atoms with E-state index in [1.807, 2.05) is 0 Å². The van der Waals surface area contributed by atoms with Gasteiger partial charge in [0, 0.05) is 24.6 Å². The first-order valence-electron chi connectivity index (χ1n) is 10.2. The fourth-order valence-corrected chi connectivity index (χ4v) is 6.79. The smallest absolute Gasteiger partial charge is 0.446 e. The SMILES string of the molecule is O=C1CC[C@@]2(O)C3Cc4ccc(OS(=O)(=O)O)c5c4[C@@]2(CCN3CC2CC2)[C@H]1O5. The van der Waals surface area contributed by atoms with Gasteiger partial charge in [0.05, 0.1) is 11.0 Å². The van der Waals surface area contributed by atoms with E-state index in [-0.39, 0.29) is 29.7 Å². The number of benzene rings is 1. The zero-order valence-corrected chi connectivity index (χ0v) is 16.7. The van der Waals surface area contributed by atoms with E-state index >= 15 is 0 Å². The van der Waals surface area contributed by atoms with Crippen molar-refractivity contribution >= 4 is 16.2 Å². The Kier molecular flexibility index (Phi) is 3.44. The molecule has 3 aliphatic carbocycles. The standard InChI is InChI=1S/C20H23NO7S/c22-13-5-6-20(23)15-9-12-3-4-14(28-29(24,25)26)17-16(12)19(20,18(13)27-17)7-8-21(15)10-11-1-2-11/h3-4,11,15,18,23H,1-2,5-10H2,(H,24,25,26)/t15?,18-,19-,20+/m0/s1. The van der Waals surface area contributed by atoms with Gasteiger partial charge in [-0.05, 0) is 56.2 Å². The van der Waals surface area contributed by atoms with Crippen molar-refractivity contribution in [1.29, 1.82) is 0 Å². The van der Waals surface area contributed by atoms with Crippen LogP contribution < -0.4 is 8.92 Å². The second-order valence-corrected chi connectivity index (χ2v) is 10.2. The molecule has 1 unspecified atom stereocenters. The number of aliphatic hydroxyl groups is 1. The van der Waals surface area contributed by atoms with Crippen LogP contribution in [0.5, 0.6) is 11.5 Å². The minimum Gasteiger partial charge on any atom is -0.477 e. The van der Waals surface area contributed by atoms with Crippen molar-refractivity contribution in [3.63, 3.8) is 0 Å². The summed E-state index contributed by atoms with van der Waals surface area (Å²) in [6, 6.07) is 3.15. The summed E-state index contributed by atoms with van der Waals surface area (Å²) >= 11 is 0. The molecule has 2 N–H and O–H groups in total. The van der Waals surface area contributed by atoms with E-state index in [0.717, 1.165) is 18.7 Å². The first-order valence-corrected chi connectivity index (χ1v) is 11.6. The summed E-state index contributed by atoms with van der Waals surface area (Å²) in [6.45, 7) is 1.73. The molecule has 1 aromatic rings. The van der Waals surface area contributed by atoms with Crippen molar-refractivity contribution in [3.05, 3.63) is 23.3 Å². The summed E-state index contributed by atoms with van der Waals surface area (Å²) in [5.41, 5.74) is -0.362. The maximum Gasteiger partial charge on any atom is 0.446 e. The molecule has 5 aliphatic rings. The van der Waals surface area contributed by atoms with E-state index in [4.69, 9.17) is 13.5 Å². The van der Waals surface area contributed by atoms with Crippen LogP contribution in [0.25, 0.3) is 0 Å². The summed E-state index contributed by atoms with van der Waals surface area (Å²) in [6.07, 6.45) is 3.39. The number of ether oxygens (including phenoxy) is 1. The molecule has 29 heavy (non-hydrogen) atoms. The lowest BCUT2D eigenvalue weighted by Crippen LogP contribution is -2.76. The number of likely N-dealkylation sites (tertiary alicyclic amines) is 1. The third-order valence-corrected chi connectivity index (χ3v) is 8.13. The van der Waals surface area contributed by atoms with Gasteiger partial charge in [-0.2, -0.15) is 8.42 Å². The van der Waals surface area contributed by atoms with E-state index in [2.05, 4.69) is 4.90 Å². The van der Waals surface area contributed by atoms with Crippen molar-refractivity contribution in [1.82, 2.24) is 4.90 Å². The third kappa shape index (κ3) is 2.30. The quantitative estimate of drug-likeness (QED) is 0.693. The average Bonchev–Trinajstić information content (AvgIpc) is 3.38. The van der Waals surface area contributed by atoms with Crippen LogP contribution in [0.2, 0.25) is 0 Å². The Balaban J connectivity index is 1.54. The number of rotatable bonds is 4. The predicted octanol–water partition coefficient (Wildman–Crippen LogP) is 1.00. The molecule has 4 atom stereocenters. The minimum absolute atomic E-state index is 0.0778. The average molecular weight is 421 g/mol. The lowest BCUT2D eigenvalue weighted by atomic mass is 9.49. The van der Waals surface area contributed by atoms with Crippen molar-refractivity contribution in [3.8, 4) is 11.5 Å². The molecular weight excluding hydrogens is 398 g/mol. The van der Waals surface area contributed by atoms with Crippen molar-refractivity contribution in [2.75, 3.05) is 13.1 Å². The van der Waals surface area contributed by atoms with E-state index in [0.29, 0.717) is 30.7 Å². The molecule has 3 fully saturated rings. The van der Waals surface area contributed by atoms with Gasteiger partial charge in [-0.25, -0.2) is 0 Å². The summed E-state index contributed by atoms with van der Waals surface area (Å²) in [5, 5.41) is 12.1. The van der Waals surface area contributed by atoms with Gasteiger partial charge >= 0.3 is 10.4 Å². The second kappa shape index (κ2) is 5.51. The van der Waals surface area contributed by atoms with Gasteiger partial charge in [0.15, 0.2) is 23.4 Å². The Bertz CT molecular complexity index is 1040. The van der Waals surface area contributed by atoms with E-state index in [1.165, 1.54) is 18.9 Å². The first kappa shape index (κ1) is 18.1. The number of nitrogens with zero attached hydrogens (tertiary/aromatic N) is 1. The van der Waals surface area contributed by atoms with Crippen LogP contribution >= 0.6 is 0 Å². The van der Waals surface area contributed by atoms with Crippen LogP contribution in [-0.2, 0) is 27.0 Å². The molecule has 2 bridgehead atoms. The largest absolute Gasteiger partial charge is 0.477 e. The van der Waals surface area contributed by atoms with Crippen LogP contribution in [-0.4, -0.2) is 59.6 Å². The van der Waals surface area contributed by atoms with Gasteiger partial charge in [-0.15, -0.1) is 0 Å². The molecule has 8 nitrogen and oxygen atoms in total. The van der Waals surface area contributed by atoms with Crippen molar-refractivity contribution < 1.29 is 31.8 Å². The van der Waals surface area contributed by atoms with E-state index in [9.17, 15) is 18.3 Å². The Morgan fingerprint density at radius 1 is 1.28 bits per heavy atom. The Hall–Kier alpha value is -1.68. The highest BCUT2D eigenvalue weighted by molar-refractivity contribution is 7.81. The van der Waals surface area contributed by atoms with Crippen LogP contribution in [0.4, 0.5) is 0 Å². The number of ketones is 1. The van der Waals surface area contributed by atoms with Crippen molar-refractivity contribution in [2.45, 2.75) is 61.7 Å². The fraction of sp³-hybridized carbons (Fsp3) is 0.650. The second-order valence-electron chi connectivity index (χ2n) is 9.21. The molecule has 0 aromatic heterocycles. The highest BCUT2D eigenvalue weighted by Gasteiger charge is 2.73. The number of hydrogen-bond acceptors (Lipinski definition) is 7. The van der Waals surface area contributed by atoms with Gasteiger partial charge in [-0.1, -0.05) is 6.07 Å². The van der Waals surface area contributed by atoms with Gasteiger partial charge in [-0.3, -0.25) is 14.2 Å². The number of hydrogen-bond donors (Lipinski definition) is 2. The molecule has 2 saturated carbocycles. The predicted molar refractivity (Wildman–Crippen MR) is 100 cm³/mol. The Morgan fingerprint density at radius 3 is 2.79 bits per heavy atom.